The molecule has 0 aliphatic heterocycles. The average molecular weight is 267 g/mol. The van der Waals surface area contributed by atoms with E-state index < -0.39 is 23.5 Å². The van der Waals surface area contributed by atoms with Gasteiger partial charge in [0.15, 0.2) is 17.6 Å². The van der Waals surface area contributed by atoms with E-state index in [9.17, 15) is 13.6 Å². The summed E-state index contributed by atoms with van der Waals surface area (Å²) in [5.41, 5.74) is 5.61. The number of aromatic nitrogens is 2. The molecular weight excluding hydrogens is 256 g/mol. The van der Waals surface area contributed by atoms with Crippen LogP contribution in [-0.4, -0.2) is 23.0 Å². The summed E-state index contributed by atoms with van der Waals surface area (Å²) in [7, 11) is 1.25. The monoisotopic (exact) mass is 267 g/mol. The summed E-state index contributed by atoms with van der Waals surface area (Å²) in [5.74, 6) is -2.27. The summed E-state index contributed by atoms with van der Waals surface area (Å²) >= 11 is 0. The Bertz CT molecular complexity index is 647. The van der Waals surface area contributed by atoms with E-state index in [2.05, 4.69) is 14.7 Å². The van der Waals surface area contributed by atoms with Gasteiger partial charge in [-0.3, -0.25) is 4.79 Å². The molecule has 0 spiro atoms. The van der Waals surface area contributed by atoms with E-state index in [4.69, 9.17) is 5.73 Å². The van der Waals surface area contributed by atoms with Crippen LogP contribution >= 0.6 is 0 Å². The molecule has 0 saturated carbocycles. The Hall–Kier alpha value is -2.18. The minimum absolute atomic E-state index is 0.0407. The van der Waals surface area contributed by atoms with Crippen molar-refractivity contribution in [3.8, 4) is 0 Å². The summed E-state index contributed by atoms with van der Waals surface area (Å²) in [5, 5.41) is 0. The number of nitrogens with two attached hydrogens (primary N) is 1. The van der Waals surface area contributed by atoms with Crippen molar-refractivity contribution in [1.82, 2.24) is 9.97 Å². The number of methoxy groups -OCH3 is 1. The van der Waals surface area contributed by atoms with Crippen LogP contribution in [0.25, 0.3) is 11.0 Å². The molecule has 19 heavy (non-hydrogen) atoms. The fourth-order valence-electron chi connectivity index (χ4n) is 2.59. The lowest BCUT2D eigenvalue weighted by molar-refractivity contribution is -0.145. The first-order valence-electron chi connectivity index (χ1n) is 5.74. The molecule has 0 fully saturated rings. The third kappa shape index (κ3) is 1.57. The number of anilines is 1. The van der Waals surface area contributed by atoms with E-state index >= 15 is 0 Å². The van der Waals surface area contributed by atoms with Crippen LogP contribution in [0.5, 0.6) is 0 Å². The van der Waals surface area contributed by atoms with Crippen LogP contribution in [-0.2, 0) is 22.4 Å². The molecule has 0 saturated heterocycles. The number of ether oxygens (including phenoxy) is 1. The lowest BCUT2D eigenvalue weighted by Crippen LogP contribution is -2.16. The normalized spacial score (nSPS) is 14.9. The minimum atomic E-state index is -0.620. The molecule has 0 bridgehead atoms. The molecule has 7 heteroatoms. The van der Waals surface area contributed by atoms with Gasteiger partial charge in [-0.25, -0.2) is 13.8 Å². The number of esters is 1. The lowest BCUT2D eigenvalue weighted by Gasteiger charge is -2.04. The maximum Gasteiger partial charge on any atom is 0.309 e. The van der Waals surface area contributed by atoms with Gasteiger partial charge in [0.25, 0.3) is 0 Å². The van der Waals surface area contributed by atoms with Crippen LogP contribution in [0.3, 0.4) is 0 Å². The van der Waals surface area contributed by atoms with Gasteiger partial charge in [0.1, 0.15) is 11.0 Å². The molecule has 1 aromatic carbocycles. The summed E-state index contributed by atoms with van der Waals surface area (Å²) in [6.45, 7) is 0. The molecule has 3 N–H and O–H groups in total. The molecule has 1 aliphatic carbocycles. The summed E-state index contributed by atoms with van der Waals surface area (Å²) in [6.07, 6.45) is 0.243. The Morgan fingerprint density at radius 3 is 2.63 bits per heavy atom. The van der Waals surface area contributed by atoms with E-state index in [-0.39, 0.29) is 41.0 Å². The van der Waals surface area contributed by atoms with Gasteiger partial charge in [-0.2, -0.15) is 0 Å². The van der Waals surface area contributed by atoms with Crippen molar-refractivity contribution >= 4 is 23.0 Å². The fraction of sp³-hybridized carbons (Fsp3) is 0.333. The molecule has 5 nitrogen and oxygen atoms in total. The number of halogens is 2. The first kappa shape index (κ1) is 11.9. The van der Waals surface area contributed by atoms with Gasteiger partial charge in [-0.1, -0.05) is 0 Å². The number of nitrogens with one attached hydrogen (secondary N) is 1. The van der Waals surface area contributed by atoms with Crippen LogP contribution < -0.4 is 5.73 Å². The Labute approximate surface area is 106 Å². The van der Waals surface area contributed by atoms with Gasteiger partial charge in [-0.05, 0) is 24.0 Å². The van der Waals surface area contributed by atoms with Crippen LogP contribution in [0.1, 0.15) is 11.1 Å². The second kappa shape index (κ2) is 3.91. The standard InChI is InChI=1S/C12H11F2N3O2/c1-19-11(18)4-2-5-6(3-4)8(14)10-9(7(5)13)16-12(15)17-10/h4H,2-3H2,1H3,(H3,15,16,17). The Kier molecular flexibility index (Phi) is 2.44. The third-order valence-electron chi connectivity index (χ3n) is 3.48. The number of imidazole rings is 1. The van der Waals surface area contributed by atoms with Gasteiger partial charge in [0.2, 0.25) is 0 Å². The van der Waals surface area contributed by atoms with Crippen LogP contribution in [0.15, 0.2) is 0 Å². The molecule has 1 heterocycles. The van der Waals surface area contributed by atoms with E-state index in [1.165, 1.54) is 7.11 Å². The van der Waals surface area contributed by atoms with Crippen molar-refractivity contribution in [1.29, 1.82) is 0 Å². The maximum absolute atomic E-state index is 14.3. The molecule has 3 rings (SSSR count). The van der Waals surface area contributed by atoms with Gasteiger partial charge in [-0.15, -0.1) is 0 Å². The number of H-pyrrole nitrogens is 1. The Balaban J connectivity index is 2.18. The number of nitrogen functional groups attached to an aromatic ring is 1. The molecule has 0 amide bonds. The predicted octanol–water partition coefficient (Wildman–Crippen LogP) is 1.31. The minimum Gasteiger partial charge on any atom is -0.469 e. The van der Waals surface area contributed by atoms with Gasteiger partial charge in [0, 0.05) is 0 Å². The van der Waals surface area contributed by atoms with E-state index in [1.807, 2.05) is 0 Å². The van der Waals surface area contributed by atoms with Gasteiger partial charge < -0.3 is 15.5 Å². The van der Waals surface area contributed by atoms with Crippen molar-refractivity contribution in [3.05, 3.63) is 22.8 Å². The molecule has 100 valence electrons. The highest BCUT2D eigenvalue weighted by Gasteiger charge is 2.35. The van der Waals surface area contributed by atoms with Crippen molar-refractivity contribution in [3.63, 3.8) is 0 Å². The van der Waals surface area contributed by atoms with Gasteiger partial charge in [0.05, 0.1) is 13.0 Å². The first-order chi connectivity index (χ1) is 9.02. The summed E-state index contributed by atoms with van der Waals surface area (Å²) < 4.78 is 33.1. The number of nitrogens with zero attached hydrogens (tertiary/aromatic N) is 1. The number of rotatable bonds is 1. The second-order valence-corrected chi connectivity index (χ2v) is 4.56. The van der Waals surface area contributed by atoms with Gasteiger partial charge >= 0.3 is 5.97 Å². The number of carbonyl (C=O) groups excluding carboxylic acids is 1. The number of fused-ring (bicyclic) bond motifs is 2. The van der Waals surface area contributed by atoms with E-state index in [0.29, 0.717) is 0 Å². The van der Waals surface area contributed by atoms with Crippen molar-refractivity contribution < 1.29 is 18.3 Å². The molecule has 1 aromatic heterocycles. The summed E-state index contributed by atoms with van der Waals surface area (Å²) in [4.78, 5) is 17.7. The molecular formula is C12H11F2N3O2. The number of hydrogen-bond donors (Lipinski definition) is 2. The van der Waals surface area contributed by atoms with Crippen LogP contribution in [0, 0.1) is 17.6 Å². The zero-order valence-corrected chi connectivity index (χ0v) is 10.1. The third-order valence-corrected chi connectivity index (χ3v) is 3.48. The summed E-state index contributed by atoms with van der Waals surface area (Å²) in [6, 6.07) is 0. The topological polar surface area (TPSA) is 81.0 Å². The average Bonchev–Trinajstić information content (AvgIpc) is 2.99. The molecule has 1 aliphatic rings. The quantitative estimate of drug-likeness (QED) is 0.763. The number of benzene rings is 1. The van der Waals surface area contributed by atoms with E-state index in [0.717, 1.165) is 0 Å². The number of aromatic amines is 1. The molecule has 0 radical (unpaired) electrons. The Morgan fingerprint density at radius 1 is 1.37 bits per heavy atom. The molecule has 1 atom stereocenters. The SMILES string of the molecule is COC(=O)C1Cc2c(c(F)c3[nH]c(N)nc3c2F)C1. The fourth-order valence-corrected chi connectivity index (χ4v) is 2.59. The predicted molar refractivity (Wildman–Crippen MR) is 63.3 cm³/mol. The van der Waals surface area contributed by atoms with Crippen LogP contribution in [0.2, 0.25) is 0 Å². The Morgan fingerprint density at radius 2 is 2.00 bits per heavy atom. The van der Waals surface area contributed by atoms with Crippen molar-refractivity contribution in [2.45, 2.75) is 12.8 Å². The van der Waals surface area contributed by atoms with E-state index in [1.54, 1.807) is 0 Å². The molecule has 1 unspecified atom stereocenters. The highest BCUT2D eigenvalue weighted by atomic mass is 19.1. The zero-order chi connectivity index (χ0) is 13.7. The molecule has 2 aromatic rings. The first-order valence-corrected chi connectivity index (χ1v) is 5.74. The number of carbonyl (C=O) groups is 1. The number of hydrogen-bond acceptors (Lipinski definition) is 4. The highest BCUT2D eigenvalue weighted by molar-refractivity contribution is 5.83. The van der Waals surface area contributed by atoms with Crippen molar-refractivity contribution in [2.24, 2.45) is 5.92 Å². The maximum atomic E-state index is 14.3. The van der Waals surface area contributed by atoms with Crippen molar-refractivity contribution in [2.75, 3.05) is 12.8 Å². The second-order valence-electron chi connectivity index (χ2n) is 4.56. The largest absolute Gasteiger partial charge is 0.469 e. The van der Waals surface area contributed by atoms with Crippen LogP contribution in [0.4, 0.5) is 14.7 Å². The highest BCUT2D eigenvalue weighted by Crippen LogP contribution is 2.36. The lowest BCUT2D eigenvalue weighted by atomic mass is 10.1. The zero-order valence-electron chi connectivity index (χ0n) is 10.1. The smallest absolute Gasteiger partial charge is 0.309 e.